The summed E-state index contributed by atoms with van der Waals surface area (Å²) in [5.41, 5.74) is 1.52. The third-order valence-corrected chi connectivity index (χ3v) is 9.59. The summed E-state index contributed by atoms with van der Waals surface area (Å²) >= 11 is 0. The van der Waals surface area contributed by atoms with Gasteiger partial charge in [-0.1, -0.05) is 61.5 Å². The standard InChI is InChI=1S/C36H40FN3O6S/c1-5-26(2)38-36(42)33(23-27-11-7-6-8-12-27)39(24-28-15-17-29(37)18-16-28)35(41)25-40(32-13-9-10-14-34(32)46-4)47(43,44)31-21-19-30(45-3)20-22-31/h6-22,26,33H,5,23-25H2,1-4H3,(H,38,42)/t26-,33+/m1/s1. The van der Waals surface area contributed by atoms with Crippen LogP contribution in [0.4, 0.5) is 10.1 Å². The molecule has 0 aliphatic rings. The minimum Gasteiger partial charge on any atom is -0.497 e. The number of carbonyl (C=O) groups excluding carboxylic acids is 2. The monoisotopic (exact) mass is 661 g/mol. The number of amides is 2. The van der Waals surface area contributed by atoms with E-state index in [9.17, 15) is 22.4 Å². The Balaban J connectivity index is 1.83. The molecule has 0 aliphatic heterocycles. The molecule has 1 N–H and O–H groups in total. The van der Waals surface area contributed by atoms with Crippen LogP contribution in [-0.2, 0) is 32.6 Å². The van der Waals surface area contributed by atoms with Gasteiger partial charge in [-0.25, -0.2) is 12.8 Å². The van der Waals surface area contributed by atoms with Crippen molar-refractivity contribution in [1.29, 1.82) is 0 Å². The number of rotatable bonds is 15. The maximum absolute atomic E-state index is 14.6. The lowest BCUT2D eigenvalue weighted by molar-refractivity contribution is -0.140. The third-order valence-electron chi connectivity index (χ3n) is 7.82. The maximum atomic E-state index is 14.6. The lowest BCUT2D eigenvalue weighted by Gasteiger charge is -2.34. The summed E-state index contributed by atoms with van der Waals surface area (Å²) in [6.45, 7) is 3.08. The van der Waals surface area contributed by atoms with Gasteiger partial charge in [0.2, 0.25) is 11.8 Å². The molecule has 9 nitrogen and oxygen atoms in total. The van der Waals surface area contributed by atoms with E-state index in [0.717, 1.165) is 9.87 Å². The van der Waals surface area contributed by atoms with Crippen molar-refractivity contribution in [2.75, 3.05) is 25.1 Å². The van der Waals surface area contributed by atoms with Crippen LogP contribution in [-0.4, -0.2) is 58.0 Å². The lowest BCUT2D eigenvalue weighted by atomic mass is 10.0. The number of carbonyl (C=O) groups is 2. The molecule has 4 aromatic carbocycles. The average Bonchev–Trinajstić information content (AvgIpc) is 3.09. The maximum Gasteiger partial charge on any atom is 0.264 e. The van der Waals surface area contributed by atoms with Crippen LogP contribution in [0.3, 0.4) is 0 Å². The van der Waals surface area contributed by atoms with E-state index in [4.69, 9.17) is 9.47 Å². The molecule has 11 heteroatoms. The van der Waals surface area contributed by atoms with E-state index in [0.29, 0.717) is 17.7 Å². The fraction of sp³-hybridized carbons (Fsp3) is 0.278. The molecule has 0 aromatic heterocycles. The van der Waals surface area contributed by atoms with E-state index in [1.807, 2.05) is 44.2 Å². The van der Waals surface area contributed by atoms with Gasteiger partial charge in [0.05, 0.1) is 24.8 Å². The van der Waals surface area contributed by atoms with Crippen LogP contribution in [0.1, 0.15) is 31.4 Å². The highest BCUT2D eigenvalue weighted by molar-refractivity contribution is 7.92. The smallest absolute Gasteiger partial charge is 0.264 e. The second-order valence-corrected chi connectivity index (χ2v) is 12.9. The van der Waals surface area contributed by atoms with Crippen molar-refractivity contribution in [3.63, 3.8) is 0 Å². The SMILES string of the molecule is CC[C@@H](C)NC(=O)[C@H](Cc1ccccc1)N(Cc1ccc(F)cc1)C(=O)CN(c1ccccc1OC)S(=O)(=O)c1ccc(OC)cc1. The quantitative estimate of drug-likeness (QED) is 0.178. The third kappa shape index (κ3) is 8.88. The first-order valence-corrected chi connectivity index (χ1v) is 16.7. The summed E-state index contributed by atoms with van der Waals surface area (Å²) in [5.74, 6) is -0.781. The van der Waals surface area contributed by atoms with E-state index < -0.39 is 34.3 Å². The molecule has 0 radical (unpaired) electrons. The number of nitrogens with zero attached hydrogens (tertiary/aromatic N) is 2. The zero-order valence-corrected chi connectivity index (χ0v) is 27.7. The molecule has 4 rings (SSSR count). The highest BCUT2D eigenvalue weighted by atomic mass is 32.2. The Hall–Kier alpha value is -4.90. The van der Waals surface area contributed by atoms with Gasteiger partial charge in [-0.15, -0.1) is 0 Å². The van der Waals surface area contributed by atoms with Gasteiger partial charge in [0.15, 0.2) is 0 Å². The minimum atomic E-state index is -4.35. The molecule has 0 heterocycles. The van der Waals surface area contributed by atoms with Crippen LogP contribution in [0.15, 0.2) is 108 Å². The molecule has 47 heavy (non-hydrogen) atoms. The van der Waals surface area contributed by atoms with Crippen LogP contribution in [0.5, 0.6) is 11.5 Å². The Morgan fingerprint density at radius 1 is 0.830 bits per heavy atom. The molecule has 0 bridgehead atoms. The normalized spacial score (nSPS) is 12.4. The predicted molar refractivity (Wildman–Crippen MR) is 179 cm³/mol. The minimum absolute atomic E-state index is 0.0718. The van der Waals surface area contributed by atoms with Crippen molar-refractivity contribution in [2.24, 2.45) is 0 Å². The van der Waals surface area contributed by atoms with Gasteiger partial charge >= 0.3 is 0 Å². The molecule has 2 atom stereocenters. The number of hydrogen-bond donors (Lipinski definition) is 1. The van der Waals surface area contributed by atoms with Crippen molar-refractivity contribution < 1.29 is 31.9 Å². The molecule has 0 saturated heterocycles. The summed E-state index contributed by atoms with van der Waals surface area (Å²) in [6, 6.07) is 26.0. The second kappa shape index (κ2) is 16.1. The average molecular weight is 662 g/mol. The zero-order chi connectivity index (χ0) is 34.0. The van der Waals surface area contributed by atoms with Gasteiger partial charge in [0.25, 0.3) is 10.0 Å². The van der Waals surface area contributed by atoms with Crippen LogP contribution >= 0.6 is 0 Å². The van der Waals surface area contributed by atoms with Crippen molar-refractivity contribution >= 4 is 27.5 Å². The molecule has 4 aromatic rings. The van der Waals surface area contributed by atoms with Crippen LogP contribution < -0.4 is 19.1 Å². The van der Waals surface area contributed by atoms with Gasteiger partial charge in [0, 0.05) is 19.0 Å². The van der Waals surface area contributed by atoms with Gasteiger partial charge in [-0.05, 0) is 73.0 Å². The number of hydrogen-bond acceptors (Lipinski definition) is 6. The lowest BCUT2D eigenvalue weighted by Crippen LogP contribution is -2.54. The molecule has 2 amide bonds. The van der Waals surface area contributed by atoms with Crippen LogP contribution in [0, 0.1) is 5.82 Å². The Bertz CT molecular complexity index is 1740. The highest BCUT2D eigenvalue weighted by Gasteiger charge is 2.35. The predicted octanol–water partition coefficient (Wildman–Crippen LogP) is 5.59. The molecule has 0 unspecified atom stereocenters. The summed E-state index contributed by atoms with van der Waals surface area (Å²) < 4.78 is 54.1. The first-order valence-electron chi connectivity index (χ1n) is 15.2. The second-order valence-electron chi connectivity index (χ2n) is 11.0. The fourth-order valence-corrected chi connectivity index (χ4v) is 6.43. The number of methoxy groups -OCH3 is 2. The van der Waals surface area contributed by atoms with Crippen LogP contribution in [0.2, 0.25) is 0 Å². The number of benzene rings is 4. The van der Waals surface area contributed by atoms with Gasteiger partial charge < -0.3 is 19.7 Å². The Kier molecular flexibility index (Phi) is 12.0. The van der Waals surface area contributed by atoms with Crippen LogP contribution in [0.25, 0.3) is 0 Å². The summed E-state index contributed by atoms with van der Waals surface area (Å²) in [4.78, 5) is 29.8. The van der Waals surface area contributed by atoms with E-state index >= 15 is 0 Å². The Labute approximate surface area is 276 Å². The Morgan fingerprint density at radius 2 is 1.47 bits per heavy atom. The molecule has 0 spiro atoms. The first-order chi connectivity index (χ1) is 22.6. The van der Waals surface area contributed by atoms with E-state index in [1.165, 1.54) is 67.7 Å². The molecule has 0 fully saturated rings. The zero-order valence-electron chi connectivity index (χ0n) is 26.9. The van der Waals surface area contributed by atoms with E-state index in [2.05, 4.69) is 5.32 Å². The van der Waals surface area contributed by atoms with Crippen molar-refractivity contribution in [3.05, 3.63) is 120 Å². The van der Waals surface area contributed by atoms with E-state index in [-0.39, 0.29) is 41.2 Å². The first kappa shape index (κ1) is 35.0. The van der Waals surface area contributed by atoms with Gasteiger partial charge in [0.1, 0.15) is 29.9 Å². The molecular formula is C36H40FN3O6S. The molecule has 0 aliphatic carbocycles. The largest absolute Gasteiger partial charge is 0.497 e. The number of para-hydroxylation sites is 2. The fourth-order valence-electron chi connectivity index (χ4n) is 5.01. The molecule has 0 saturated carbocycles. The van der Waals surface area contributed by atoms with Gasteiger partial charge in [-0.3, -0.25) is 13.9 Å². The van der Waals surface area contributed by atoms with Crippen molar-refractivity contribution in [2.45, 2.75) is 50.2 Å². The number of anilines is 1. The number of sulfonamides is 1. The Morgan fingerprint density at radius 3 is 2.09 bits per heavy atom. The summed E-state index contributed by atoms with van der Waals surface area (Å²) in [7, 11) is -1.46. The summed E-state index contributed by atoms with van der Waals surface area (Å²) in [5, 5.41) is 2.99. The van der Waals surface area contributed by atoms with Crippen molar-refractivity contribution in [1.82, 2.24) is 10.2 Å². The number of ether oxygens (including phenoxy) is 2. The molecule has 248 valence electrons. The topological polar surface area (TPSA) is 105 Å². The van der Waals surface area contributed by atoms with E-state index in [1.54, 1.807) is 24.3 Å². The highest BCUT2D eigenvalue weighted by Crippen LogP contribution is 2.33. The van der Waals surface area contributed by atoms with Gasteiger partial charge in [-0.2, -0.15) is 0 Å². The number of nitrogens with one attached hydrogen (secondary N) is 1. The number of halogens is 1. The summed E-state index contributed by atoms with van der Waals surface area (Å²) in [6.07, 6.45) is 0.827. The van der Waals surface area contributed by atoms with Crippen molar-refractivity contribution in [3.8, 4) is 11.5 Å². The molecular weight excluding hydrogens is 621 g/mol.